The zero-order valence-electron chi connectivity index (χ0n) is 16.0. The molecular weight excluding hydrogens is 398 g/mol. The molecular formula is C20H25ClN3O3S+. The third-order valence-corrected chi connectivity index (χ3v) is 7.19. The number of halogens is 1. The lowest BCUT2D eigenvalue weighted by Crippen LogP contribution is -2.99. The number of carbonyl (C=O) groups excluding carboxylic acids is 3. The summed E-state index contributed by atoms with van der Waals surface area (Å²) in [6.45, 7) is 2.46. The van der Waals surface area contributed by atoms with Gasteiger partial charge >= 0.3 is 0 Å². The molecule has 150 valence electrons. The van der Waals surface area contributed by atoms with E-state index in [1.807, 2.05) is 18.5 Å². The highest BCUT2D eigenvalue weighted by molar-refractivity contribution is 7.98. The summed E-state index contributed by atoms with van der Waals surface area (Å²) in [7, 11) is 0. The minimum atomic E-state index is -1.11. The Hall–Kier alpha value is -1.57. The van der Waals surface area contributed by atoms with Crippen LogP contribution in [-0.2, 0) is 19.9 Å². The van der Waals surface area contributed by atoms with Crippen LogP contribution in [0.4, 0.5) is 5.69 Å². The predicted molar refractivity (Wildman–Crippen MR) is 109 cm³/mol. The van der Waals surface area contributed by atoms with Crippen molar-refractivity contribution in [2.45, 2.75) is 37.8 Å². The summed E-state index contributed by atoms with van der Waals surface area (Å²) in [5.41, 5.74) is 0.300. The molecule has 0 unspecified atom stereocenters. The Balaban J connectivity index is 1.81. The van der Waals surface area contributed by atoms with E-state index in [1.54, 1.807) is 30.0 Å². The molecule has 0 radical (unpaired) electrons. The predicted octanol–water partition coefficient (Wildman–Crippen LogP) is 1.59. The molecule has 4 rings (SSSR count). The fourth-order valence-electron chi connectivity index (χ4n) is 5.05. The molecule has 0 saturated carbocycles. The molecule has 0 bridgehead atoms. The Morgan fingerprint density at radius 3 is 2.79 bits per heavy atom. The van der Waals surface area contributed by atoms with E-state index in [1.165, 1.54) is 4.90 Å². The van der Waals surface area contributed by atoms with Gasteiger partial charge in [0.1, 0.15) is 17.9 Å². The van der Waals surface area contributed by atoms with Crippen LogP contribution in [0.2, 0.25) is 5.02 Å². The number of unbranched alkanes of at least 4 members (excludes halogenated alkanes) is 1. The van der Waals surface area contributed by atoms with Gasteiger partial charge in [0.15, 0.2) is 0 Å². The van der Waals surface area contributed by atoms with Crippen molar-refractivity contribution in [3.05, 3.63) is 28.8 Å². The number of likely N-dealkylation sites (tertiary alicyclic amines) is 1. The maximum atomic E-state index is 13.4. The first-order valence-electron chi connectivity index (χ1n) is 9.77. The molecule has 4 atom stereocenters. The Kier molecular flexibility index (Phi) is 5.18. The minimum absolute atomic E-state index is 0.101. The molecule has 3 N–H and O–H groups in total. The standard InChI is InChI=1S/C20H24ClN3O3S/c1-3-4-8-24-17(25)15-14(7-9-28-2)23-20(16(15)18(24)26)12-10-11(21)5-6-13(12)22-19(20)27/h5-6,10,14-16,23H,3-4,7-9H2,1-2H3,(H,22,27)/p+1/t14-,15-,16+,20+/m1/s1. The highest BCUT2D eigenvalue weighted by Gasteiger charge is 2.73. The van der Waals surface area contributed by atoms with Crippen LogP contribution in [0.25, 0.3) is 0 Å². The van der Waals surface area contributed by atoms with Crippen LogP contribution in [0.3, 0.4) is 0 Å². The molecule has 2 fully saturated rings. The normalized spacial score (nSPS) is 30.9. The summed E-state index contributed by atoms with van der Waals surface area (Å²) in [5.74, 6) is -0.818. The molecule has 3 aliphatic rings. The van der Waals surface area contributed by atoms with Crippen molar-refractivity contribution < 1.29 is 19.7 Å². The van der Waals surface area contributed by atoms with Gasteiger partial charge in [-0.2, -0.15) is 11.8 Å². The van der Waals surface area contributed by atoms with Gasteiger partial charge < -0.3 is 10.6 Å². The second-order valence-electron chi connectivity index (χ2n) is 7.81. The number of thioether (sulfide) groups is 1. The lowest BCUT2D eigenvalue weighted by Gasteiger charge is -2.26. The Morgan fingerprint density at radius 1 is 1.29 bits per heavy atom. The van der Waals surface area contributed by atoms with E-state index in [0.717, 1.165) is 30.6 Å². The van der Waals surface area contributed by atoms with Gasteiger partial charge in [-0.15, -0.1) is 0 Å². The van der Waals surface area contributed by atoms with Crippen molar-refractivity contribution in [3.8, 4) is 0 Å². The molecule has 1 spiro atoms. The second-order valence-corrected chi connectivity index (χ2v) is 9.23. The van der Waals surface area contributed by atoms with Gasteiger partial charge in [0.2, 0.25) is 17.4 Å². The number of nitrogens with zero attached hydrogens (tertiary/aromatic N) is 1. The Bertz CT molecular complexity index is 848. The number of hydrogen-bond acceptors (Lipinski definition) is 4. The molecule has 3 amide bonds. The quantitative estimate of drug-likeness (QED) is 0.682. The zero-order valence-corrected chi connectivity index (χ0v) is 17.6. The molecule has 8 heteroatoms. The summed E-state index contributed by atoms with van der Waals surface area (Å²) in [4.78, 5) is 41.2. The summed E-state index contributed by atoms with van der Waals surface area (Å²) in [5, 5.41) is 5.42. The first-order chi connectivity index (χ1) is 13.5. The van der Waals surface area contributed by atoms with Crippen LogP contribution in [0.1, 0.15) is 31.7 Å². The highest BCUT2D eigenvalue weighted by Crippen LogP contribution is 2.50. The number of hydrogen-bond donors (Lipinski definition) is 2. The van der Waals surface area contributed by atoms with Crippen molar-refractivity contribution in [2.24, 2.45) is 11.8 Å². The third kappa shape index (κ3) is 2.70. The van der Waals surface area contributed by atoms with E-state index in [0.29, 0.717) is 17.3 Å². The number of amides is 3. The summed E-state index contributed by atoms with van der Waals surface area (Å²) < 4.78 is 0. The first kappa shape index (κ1) is 19.7. The monoisotopic (exact) mass is 422 g/mol. The molecule has 6 nitrogen and oxygen atoms in total. The van der Waals surface area contributed by atoms with E-state index >= 15 is 0 Å². The van der Waals surface area contributed by atoms with Crippen molar-refractivity contribution in [1.82, 2.24) is 4.90 Å². The van der Waals surface area contributed by atoms with Crippen molar-refractivity contribution in [2.75, 3.05) is 23.9 Å². The van der Waals surface area contributed by atoms with Crippen LogP contribution in [0.15, 0.2) is 18.2 Å². The Morgan fingerprint density at radius 2 is 2.07 bits per heavy atom. The maximum absolute atomic E-state index is 13.4. The van der Waals surface area contributed by atoms with Gasteiger partial charge in [0.25, 0.3) is 5.91 Å². The molecule has 0 aromatic heterocycles. The number of nitrogens with two attached hydrogens (primary N) is 1. The van der Waals surface area contributed by atoms with E-state index in [4.69, 9.17) is 11.6 Å². The molecule has 1 aromatic carbocycles. The number of fused-ring (bicyclic) bond motifs is 4. The van der Waals surface area contributed by atoms with Gasteiger partial charge in [-0.25, -0.2) is 0 Å². The average Bonchev–Trinajstić information content (AvgIpc) is 3.24. The van der Waals surface area contributed by atoms with Crippen LogP contribution in [0.5, 0.6) is 0 Å². The number of anilines is 1. The molecule has 3 heterocycles. The van der Waals surface area contributed by atoms with Gasteiger partial charge in [-0.3, -0.25) is 19.3 Å². The van der Waals surface area contributed by atoms with Crippen LogP contribution in [-0.4, -0.2) is 47.2 Å². The van der Waals surface area contributed by atoms with Gasteiger partial charge in [0, 0.05) is 23.6 Å². The molecule has 1 aromatic rings. The lowest BCUT2D eigenvalue weighted by molar-refractivity contribution is -0.733. The highest BCUT2D eigenvalue weighted by atomic mass is 35.5. The molecule has 28 heavy (non-hydrogen) atoms. The number of nitrogens with one attached hydrogen (secondary N) is 1. The summed E-state index contributed by atoms with van der Waals surface area (Å²) in [6, 6.07) is 5.17. The molecule has 3 aliphatic heterocycles. The second kappa shape index (κ2) is 7.35. The smallest absolute Gasteiger partial charge is 0.291 e. The van der Waals surface area contributed by atoms with Crippen LogP contribution >= 0.6 is 23.4 Å². The van der Waals surface area contributed by atoms with Crippen molar-refractivity contribution in [3.63, 3.8) is 0 Å². The largest absolute Gasteiger partial charge is 0.326 e. The van der Waals surface area contributed by atoms with Gasteiger partial charge in [0.05, 0.1) is 5.69 Å². The molecule has 2 saturated heterocycles. The zero-order chi connectivity index (χ0) is 20.1. The van der Waals surface area contributed by atoms with Gasteiger partial charge in [-0.1, -0.05) is 24.9 Å². The van der Waals surface area contributed by atoms with E-state index in [2.05, 4.69) is 5.32 Å². The number of carbonyl (C=O) groups is 3. The van der Waals surface area contributed by atoms with Crippen molar-refractivity contribution in [1.29, 1.82) is 0 Å². The fraction of sp³-hybridized carbons (Fsp3) is 0.550. The fourth-order valence-corrected chi connectivity index (χ4v) is 5.73. The lowest BCUT2D eigenvalue weighted by atomic mass is 9.76. The number of quaternary nitrogens is 1. The van der Waals surface area contributed by atoms with E-state index in [-0.39, 0.29) is 23.8 Å². The number of imide groups is 1. The van der Waals surface area contributed by atoms with E-state index < -0.39 is 17.4 Å². The van der Waals surface area contributed by atoms with E-state index in [9.17, 15) is 14.4 Å². The number of benzene rings is 1. The average molecular weight is 423 g/mol. The van der Waals surface area contributed by atoms with Gasteiger partial charge in [-0.05, 0) is 36.6 Å². The van der Waals surface area contributed by atoms with Crippen LogP contribution in [0, 0.1) is 11.8 Å². The minimum Gasteiger partial charge on any atom is -0.326 e. The first-order valence-corrected chi connectivity index (χ1v) is 11.5. The third-order valence-electron chi connectivity index (χ3n) is 6.31. The van der Waals surface area contributed by atoms with Crippen LogP contribution < -0.4 is 10.6 Å². The maximum Gasteiger partial charge on any atom is 0.291 e. The Labute approximate surface area is 173 Å². The molecule has 0 aliphatic carbocycles. The summed E-state index contributed by atoms with van der Waals surface area (Å²) in [6.07, 6.45) is 4.47. The topological polar surface area (TPSA) is 83.1 Å². The van der Waals surface area contributed by atoms with Crippen molar-refractivity contribution >= 4 is 46.8 Å². The SMILES string of the molecule is CCCCN1C(=O)[C@H]2[C@@H](C1=O)[C@]1([NH2+][C@@H]2CCSC)C(=O)Nc2ccc(Cl)cc21. The summed E-state index contributed by atoms with van der Waals surface area (Å²) >= 11 is 7.95. The number of rotatable bonds is 6.